The molecule has 5 heteroatoms. The van der Waals surface area contributed by atoms with Crippen LogP contribution in [0.1, 0.15) is 25.3 Å². The predicted octanol–water partition coefficient (Wildman–Crippen LogP) is 1.15. The van der Waals surface area contributed by atoms with Crippen molar-refractivity contribution in [3.63, 3.8) is 0 Å². The van der Waals surface area contributed by atoms with Gasteiger partial charge < -0.3 is 10.0 Å². The molecule has 0 radical (unpaired) electrons. The lowest BCUT2D eigenvalue weighted by Crippen LogP contribution is -2.34. The maximum absolute atomic E-state index is 11.3. The second-order valence-electron chi connectivity index (χ2n) is 5.24. The lowest BCUT2D eigenvalue weighted by Gasteiger charge is -2.22. The maximum Gasteiger partial charge on any atom is 0.310 e. The Morgan fingerprint density at radius 3 is 2.89 bits per heavy atom. The zero-order chi connectivity index (χ0) is 13.2. The van der Waals surface area contributed by atoms with Gasteiger partial charge in [-0.05, 0) is 31.4 Å². The van der Waals surface area contributed by atoms with Gasteiger partial charge in [-0.1, -0.05) is 6.92 Å². The summed E-state index contributed by atoms with van der Waals surface area (Å²) in [5.41, 5.74) is 0.691. The number of hydrogen-bond acceptors (Lipinski definition) is 3. The highest BCUT2D eigenvalue weighted by Crippen LogP contribution is 2.34. The number of hydrogen-bond donors (Lipinski definition) is 1. The molecule has 1 saturated heterocycles. The van der Waals surface area contributed by atoms with E-state index < -0.39 is 11.4 Å². The molecular weight excluding hydrogens is 230 g/mol. The summed E-state index contributed by atoms with van der Waals surface area (Å²) in [7, 11) is 1.91. The van der Waals surface area contributed by atoms with Crippen molar-refractivity contribution in [3.8, 4) is 0 Å². The first-order chi connectivity index (χ1) is 8.55. The number of likely N-dealkylation sites (tertiary alicyclic amines) is 1. The average Bonchev–Trinajstić information content (AvgIpc) is 2.93. The summed E-state index contributed by atoms with van der Waals surface area (Å²) in [5, 5.41) is 13.5. The Hall–Kier alpha value is -1.36. The number of carboxylic acids is 1. The minimum absolute atomic E-state index is 0.519. The fraction of sp³-hybridized carbons (Fsp3) is 0.692. The Kier molecular flexibility index (Phi) is 3.71. The van der Waals surface area contributed by atoms with Crippen molar-refractivity contribution in [2.75, 3.05) is 19.6 Å². The molecule has 2 rings (SSSR count). The molecule has 2 heterocycles. The van der Waals surface area contributed by atoms with E-state index in [1.807, 2.05) is 26.4 Å². The topological polar surface area (TPSA) is 58.4 Å². The van der Waals surface area contributed by atoms with E-state index in [4.69, 9.17) is 0 Å². The van der Waals surface area contributed by atoms with Gasteiger partial charge >= 0.3 is 5.97 Å². The second-order valence-corrected chi connectivity index (χ2v) is 5.24. The first-order valence-electron chi connectivity index (χ1n) is 6.49. The van der Waals surface area contributed by atoms with Crippen LogP contribution in [0, 0.1) is 5.41 Å². The van der Waals surface area contributed by atoms with Crippen LogP contribution in [0.2, 0.25) is 0 Å². The van der Waals surface area contributed by atoms with E-state index >= 15 is 0 Å². The van der Waals surface area contributed by atoms with E-state index in [2.05, 4.69) is 10.00 Å². The third-order valence-corrected chi connectivity index (χ3v) is 4.04. The van der Waals surface area contributed by atoms with Crippen LogP contribution in [0.25, 0.3) is 0 Å². The van der Waals surface area contributed by atoms with Crippen LogP contribution in [0.15, 0.2) is 12.4 Å². The third-order valence-electron chi connectivity index (χ3n) is 4.04. The van der Waals surface area contributed by atoms with Crippen molar-refractivity contribution < 1.29 is 9.90 Å². The Labute approximate surface area is 107 Å². The first-order valence-corrected chi connectivity index (χ1v) is 6.49. The standard InChI is InChI=1S/C13H21N3O2/c1-3-13(12(17)18)5-7-16(10-13)6-4-11-8-14-15(2)9-11/h8-9H,3-7,10H2,1-2H3,(H,17,18). The molecule has 1 aliphatic rings. The van der Waals surface area contributed by atoms with E-state index in [0.717, 1.165) is 25.9 Å². The first kappa shape index (κ1) is 13.1. The number of carboxylic acid groups (broad SMARTS) is 1. The molecule has 18 heavy (non-hydrogen) atoms. The van der Waals surface area contributed by atoms with Crippen LogP contribution in [-0.4, -0.2) is 45.4 Å². The van der Waals surface area contributed by atoms with Gasteiger partial charge in [0.25, 0.3) is 0 Å². The molecule has 1 aromatic heterocycles. The molecule has 1 aromatic rings. The fourth-order valence-corrected chi connectivity index (χ4v) is 2.65. The molecule has 5 nitrogen and oxygen atoms in total. The highest BCUT2D eigenvalue weighted by molar-refractivity contribution is 5.75. The minimum atomic E-state index is -0.645. The van der Waals surface area contributed by atoms with Crippen LogP contribution < -0.4 is 0 Å². The molecule has 1 aliphatic heterocycles. The van der Waals surface area contributed by atoms with Crippen molar-refractivity contribution in [3.05, 3.63) is 18.0 Å². The molecule has 1 N–H and O–H groups in total. The van der Waals surface area contributed by atoms with Gasteiger partial charge in [0.1, 0.15) is 0 Å². The van der Waals surface area contributed by atoms with Crippen LogP contribution in [0.5, 0.6) is 0 Å². The van der Waals surface area contributed by atoms with Crippen LogP contribution in [0.4, 0.5) is 0 Å². The summed E-state index contributed by atoms with van der Waals surface area (Å²) < 4.78 is 1.80. The summed E-state index contributed by atoms with van der Waals surface area (Å²) >= 11 is 0. The van der Waals surface area contributed by atoms with Crippen LogP contribution >= 0.6 is 0 Å². The molecule has 0 bridgehead atoms. The summed E-state index contributed by atoms with van der Waals surface area (Å²) in [6.45, 7) is 4.46. The Bertz CT molecular complexity index is 430. The second kappa shape index (κ2) is 5.10. The van der Waals surface area contributed by atoms with Gasteiger partial charge in [-0.2, -0.15) is 5.10 Å². The zero-order valence-electron chi connectivity index (χ0n) is 11.1. The Morgan fingerprint density at radius 2 is 2.39 bits per heavy atom. The molecule has 0 aliphatic carbocycles. The van der Waals surface area contributed by atoms with Crippen molar-refractivity contribution in [2.24, 2.45) is 12.5 Å². The normalized spacial score (nSPS) is 24.6. The van der Waals surface area contributed by atoms with E-state index in [1.165, 1.54) is 5.56 Å². The molecule has 1 fully saturated rings. The van der Waals surface area contributed by atoms with Gasteiger partial charge in [0, 0.05) is 26.3 Å². The summed E-state index contributed by atoms with van der Waals surface area (Å²) in [6.07, 6.45) is 6.31. The van der Waals surface area contributed by atoms with Gasteiger partial charge in [-0.25, -0.2) is 0 Å². The predicted molar refractivity (Wildman–Crippen MR) is 68.3 cm³/mol. The van der Waals surface area contributed by atoms with Crippen molar-refractivity contribution in [1.82, 2.24) is 14.7 Å². The van der Waals surface area contributed by atoms with Crippen molar-refractivity contribution in [2.45, 2.75) is 26.2 Å². The van der Waals surface area contributed by atoms with Gasteiger partial charge in [0.05, 0.1) is 11.6 Å². The molecule has 0 spiro atoms. The highest BCUT2D eigenvalue weighted by Gasteiger charge is 2.42. The van der Waals surface area contributed by atoms with E-state index in [9.17, 15) is 9.90 Å². The number of carbonyl (C=O) groups is 1. The quantitative estimate of drug-likeness (QED) is 0.853. The molecule has 1 atom stereocenters. The molecule has 0 saturated carbocycles. The number of nitrogens with zero attached hydrogens (tertiary/aromatic N) is 3. The van der Waals surface area contributed by atoms with Gasteiger partial charge in [0.15, 0.2) is 0 Å². The Balaban J connectivity index is 1.88. The van der Waals surface area contributed by atoms with Crippen molar-refractivity contribution in [1.29, 1.82) is 0 Å². The van der Waals surface area contributed by atoms with E-state index in [1.54, 1.807) is 4.68 Å². The van der Waals surface area contributed by atoms with Gasteiger partial charge in [-0.3, -0.25) is 9.48 Å². The minimum Gasteiger partial charge on any atom is -0.481 e. The van der Waals surface area contributed by atoms with Gasteiger partial charge in [0.2, 0.25) is 0 Å². The Morgan fingerprint density at radius 1 is 1.61 bits per heavy atom. The third kappa shape index (κ3) is 2.56. The van der Waals surface area contributed by atoms with Crippen molar-refractivity contribution >= 4 is 5.97 Å². The van der Waals surface area contributed by atoms with E-state index in [0.29, 0.717) is 13.0 Å². The number of aromatic nitrogens is 2. The van der Waals surface area contributed by atoms with Crippen LogP contribution in [-0.2, 0) is 18.3 Å². The molecule has 100 valence electrons. The monoisotopic (exact) mass is 251 g/mol. The van der Waals surface area contributed by atoms with Crippen LogP contribution in [0.3, 0.4) is 0 Å². The van der Waals surface area contributed by atoms with Gasteiger partial charge in [-0.15, -0.1) is 0 Å². The number of rotatable bonds is 5. The zero-order valence-corrected chi connectivity index (χ0v) is 11.1. The SMILES string of the molecule is CCC1(C(=O)O)CCN(CCc2cnn(C)c2)C1. The largest absolute Gasteiger partial charge is 0.481 e. The number of aryl methyl sites for hydroxylation is 1. The molecule has 1 unspecified atom stereocenters. The lowest BCUT2D eigenvalue weighted by atomic mass is 9.84. The molecule has 0 aromatic carbocycles. The molecular formula is C13H21N3O2. The maximum atomic E-state index is 11.3. The van der Waals surface area contributed by atoms with E-state index in [-0.39, 0.29) is 0 Å². The molecule has 0 amide bonds. The highest BCUT2D eigenvalue weighted by atomic mass is 16.4. The fourth-order valence-electron chi connectivity index (χ4n) is 2.65. The lowest BCUT2D eigenvalue weighted by molar-refractivity contribution is -0.148. The summed E-state index contributed by atoms with van der Waals surface area (Å²) in [6, 6.07) is 0. The average molecular weight is 251 g/mol. The smallest absolute Gasteiger partial charge is 0.310 e. The number of aliphatic carboxylic acids is 1. The summed E-state index contributed by atoms with van der Waals surface area (Å²) in [5.74, 6) is -0.645. The summed E-state index contributed by atoms with van der Waals surface area (Å²) in [4.78, 5) is 13.6.